The topological polar surface area (TPSA) is 125 Å². The van der Waals surface area contributed by atoms with Crippen molar-refractivity contribution < 1.29 is 28.2 Å². The van der Waals surface area contributed by atoms with E-state index in [2.05, 4.69) is 14.2 Å². The second-order valence-corrected chi connectivity index (χ2v) is 5.03. The minimum absolute atomic E-state index is 0.0485. The third-order valence-electron chi connectivity index (χ3n) is 2.08. The molecule has 1 rings (SSSR count). The number of aromatic carboxylic acids is 1. The molecular weight excluding hydrogens is 276 g/mol. The van der Waals surface area contributed by atoms with Crippen molar-refractivity contribution in [3.8, 4) is 5.75 Å². The lowest BCUT2D eigenvalue weighted by Crippen LogP contribution is -2.32. The molecule has 4 N–H and O–H groups in total. The number of rotatable bonds is 7. The van der Waals surface area contributed by atoms with Crippen LogP contribution in [0.3, 0.4) is 0 Å². The van der Waals surface area contributed by atoms with Gasteiger partial charge in [-0.1, -0.05) is 0 Å². The molecule has 0 heterocycles. The van der Waals surface area contributed by atoms with Gasteiger partial charge < -0.3 is 14.9 Å². The van der Waals surface area contributed by atoms with Crippen LogP contribution in [-0.2, 0) is 14.9 Å². The Kier molecular flexibility index (Phi) is 5.10. The maximum absolute atomic E-state index is 11.5. The van der Waals surface area contributed by atoms with Gasteiger partial charge in [-0.15, -0.1) is 0 Å². The monoisotopic (exact) mass is 290 g/mol. The number of benzene rings is 1. The van der Waals surface area contributed by atoms with Gasteiger partial charge in [-0.05, 0) is 12.1 Å². The van der Waals surface area contributed by atoms with Crippen molar-refractivity contribution in [2.24, 2.45) is 0 Å². The van der Waals surface area contributed by atoms with Crippen LogP contribution >= 0.6 is 0 Å². The smallest absolute Gasteiger partial charge is 0.339 e. The summed E-state index contributed by atoms with van der Waals surface area (Å²) in [5, 5.41) is 18.1. The van der Waals surface area contributed by atoms with Gasteiger partial charge in [-0.3, -0.25) is 4.72 Å². The first-order chi connectivity index (χ1) is 8.85. The number of hydrogen-bond acceptors (Lipinski definition) is 5. The molecule has 0 unspecified atom stereocenters. The molecule has 1 aromatic rings. The average molecular weight is 290 g/mol. The Morgan fingerprint density at radius 2 is 2.11 bits per heavy atom. The second-order valence-electron chi connectivity index (χ2n) is 3.53. The van der Waals surface area contributed by atoms with Gasteiger partial charge in [0.1, 0.15) is 11.3 Å². The molecule has 0 fully saturated rings. The zero-order valence-electron chi connectivity index (χ0n) is 10.1. The molecule has 0 bridgehead atoms. The van der Waals surface area contributed by atoms with Gasteiger partial charge in [-0.25, -0.2) is 4.79 Å². The van der Waals surface area contributed by atoms with Crippen LogP contribution in [-0.4, -0.2) is 44.9 Å². The van der Waals surface area contributed by atoms with Gasteiger partial charge in [0.05, 0.1) is 12.3 Å². The Labute approximate surface area is 110 Å². The molecular formula is C10H14N2O6S. The standard InChI is InChI=1S/C10H14N2O6S/c1-18-5-4-11-19(16,17)12-7-2-3-8(10(14)15)9(13)6-7/h2-3,6,11-13H,4-5H2,1H3,(H,14,15). The highest BCUT2D eigenvalue weighted by Crippen LogP contribution is 2.22. The normalized spacial score (nSPS) is 11.2. The van der Waals surface area contributed by atoms with E-state index in [1.807, 2.05) is 0 Å². The summed E-state index contributed by atoms with van der Waals surface area (Å²) in [6, 6.07) is 3.35. The molecule has 19 heavy (non-hydrogen) atoms. The van der Waals surface area contributed by atoms with Crippen LogP contribution in [0.5, 0.6) is 5.75 Å². The number of carboxylic acid groups (broad SMARTS) is 1. The summed E-state index contributed by atoms with van der Waals surface area (Å²) in [5.41, 5.74) is -0.261. The molecule has 9 heteroatoms. The molecule has 0 aliphatic heterocycles. The summed E-state index contributed by atoms with van der Waals surface area (Å²) >= 11 is 0. The molecule has 0 aliphatic rings. The van der Waals surface area contributed by atoms with Crippen molar-refractivity contribution in [1.29, 1.82) is 0 Å². The molecule has 1 aromatic carbocycles. The van der Waals surface area contributed by atoms with E-state index in [4.69, 9.17) is 5.11 Å². The van der Waals surface area contributed by atoms with Crippen molar-refractivity contribution in [1.82, 2.24) is 4.72 Å². The summed E-state index contributed by atoms with van der Waals surface area (Å²) < 4.78 is 32.1. The molecule has 106 valence electrons. The van der Waals surface area contributed by atoms with Crippen molar-refractivity contribution in [2.45, 2.75) is 0 Å². The molecule has 0 saturated carbocycles. The Hall–Kier alpha value is -1.84. The Morgan fingerprint density at radius 1 is 1.42 bits per heavy atom. The van der Waals surface area contributed by atoms with E-state index in [1.165, 1.54) is 13.2 Å². The fourth-order valence-electron chi connectivity index (χ4n) is 1.25. The predicted octanol–water partition coefficient (Wildman–Crippen LogP) is -0.0169. The van der Waals surface area contributed by atoms with Crippen molar-refractivity contribution >= 4 is 21.9 Å². The molecule has 0 spiro atoms. The van der Waals surface area contributed by atoms with Gasteiger partial charge in [-0.2, -0.15) is 13.1 Å². The van der Waals surface area contributed by atoms with Crippen LogP contribution in [0.15, 0.2) is 18.2 Å². The highest BCUT2D eigenvalue weighted by atomic mass is 32.2. The van der Waals surface area contributed by atoms with E-state index in [1.54, 1.807) is 0 Å². The number of anilines is 1. The van der Waals surface area contributed by atoms with Crippen LogP contribution in [0.25, 0.3) is 0 Å². The Balaban J connectivity index is 2.77. The quantitative estimate of drug-likeness (QED) is 0.523. The summed E-state index contributed by atoms with van der Waals surface area (Å²) in [4.78, 5) is 10.7. The third kappa shape index (κ3) is 4.73. The first-order valence-corrected chi connectivity index (χ1v) is 6.66. The molecule has 0 amide bonds. The van der Waals surface area contributed by atoms with E-state index in [-0.39, 0.29) is 24.4 Å². The second kappa shape index (κ2) is 6.36. The molecule has 8 nitrogen and oxygen atoms in total. The van der Waals surface area contributed by atoms with Crippen molar-refractivity contribution in [2.75, 3.05) is 25.0 Å². The fraction of sp³-hybridized carbons (Fsp3) is 0.300. The molecule has 0 aromatic heterocycles. The number of phenols is 1. The Morgan fingerprint density at radius 3 is 2.63 bits per heavy atom. The summed E-state index contributed by atoms with van der Waals surface area (Å²) in [7, 11) is -2.36. The van der Waals surface area contributed by atoms with Gasteiger partial charge in [0.25, 0.3) is 10.2 Å². The number of carboxylic acids is 1. The predicted molar refractivity (Wildman–Crippen MR) is 67.5 cm³/mol. The fourth-order valence-corrected chi connectivity index (χ4v) is 2.11. The van der Waals surface area contributed by atoms with Gasteiger partial charge >= 0.3 is 5.97 Å². The summed E-state index contributed by atoms with van der Waals surface area (Å²) in [5.74, 6) is -1.82. The van der Waals surface area contributed by atoms with Crippen LogP contribution in [0.1, 0.15) is 10.4 Å². The van der Waals surface area contributed by atoms with E-state index >= 15 is 0 Å². The molecule has 0 aliphatic carbocycles. The number of methoxy groups -OCH3 is 1. The zero-order valence-corrected chi connectivity index (χ0v) is 10.9. The minimum Gasteiger partial charge on any atom is -0.507 e. The molecule has 0 saturated heterocycles. The minimum atomic E-state index is -3.80. The maximum atomic E-state index is 11.5. The van der Waals surface area contributed by atoms with Crippen LogP contribution in [0, 0.1) is 0 Å². The number of carbonyl (C=O) groups is 1. The SMILES string of the molecule is COCCNS(=O)(=O)Nc1ccc(C(=O)O)c(O)c1. The van der Waals surface area contributed by atoms with E-state index < -0.39 is 21.9 Å². The molecule has 0 atom stereocenters. The van der Waals surface area contributed by atoms with Gasteiger partial charge in [0.15, 0.2) is 0 Å². The lowest BCUT2D eigenvalue weighted by Gasteiger charge is -2.10. The highest BCUT2D eigenvalue weighted by molar-refractivity contribution is 7.90. The largest absolute Gasteiger partial charge is 0.507 e. The van der Waals surface area contributed by atoms with Gasteiger partial charge in [0.2, 0.25) is 0 Å². The zero-order chi connectivity index (χ0) is 14.5. The van der Waals surface area contributed by atoms with Crippen molar-refractivity contribution in [3.05, 3.63) is 23.8 Å². The van der Waals surface area contributed by atoms with Crippen LogP contribution in [0.4, 0.5) is 5.69 Å². The number of ether oxygens (including phenoxy) is 1. The summed E-state index contributed by atoms with van der Waals surface area (Å²) in [6.07, 6.45) is 0. The number of hydrogen-bond donors (Lipinski definition) is 4. The van der Waals surface area contributed by atoms with E-state index in [9.17, 15) is 18.3 Å². The van der Waals surface area contributed by atoms with Crippen molar-refractivity contribution in [3.63, 3.8) is 0 Å². The van der Waals surface area contributed by atoms with E-state index in [0.29, 0.717) is 0 Å². The first kappa shape index (κ1) is 15.2. The van der Waals surface area contributed by atoms with Crippen LogP contribution < -0.4 is 9.44 Å². The number of nitrogens with one attached hydrogen (secondary N) is 2. The molecule has 0 radical (unpaired) electrons. The van der Waals surface area contributed by atoms with Crippen LogP contribution in [0.2, 0.25) is 0 Å². The maximum Gasteiger partial charge on any atom is 0.339 e. The average Bonchev–Trinajstić information content (AvgIpc) is 2.28. The first-order valence-electron chi connectivity index (χ1n) is 5.18. The van der Waals surface area contributed by atoms with E-state index in [0.717, 1.165) is 12.1 Å². The number of aromatic hydroxyl groups is 1. The lowest BCUT2D eigenvalue weighted by molar-refractivity contribution is 0.0694. The van der Waals surface area contributed by atoms with Gasteiger partial charge in [0, 0.05) is 19.7 Å². The third-order valence-corrected chi connectivity index (χ3v) is 3.17. The Bertz CT molecular complexity index is 557. The highest BCUT2D eigenvalue weighted by Gasteiger charge is 2.13. The lowest BCUT2D eigenvalue weighted by atomic mass is 10.2. The summed E-state index contributed by atoms with van der Waals surface area (Å²) in [6.45, 7) is 0.301.